The summed E-state index contributed by atoms with van der Waals surface area (Å²) in [4.78, 5) is 36.4. The number of nitrogens with zero attached hydrogens (tertiary/aromatic N) is 2. The van der Waals surface area contributed by atoms with Gasteiger partial charge in [-0.2, -0.15) is 0 Å². The number of ether oxygens (including phenoxy) is 1. The van der Waals surface area contributed by atoms with Crippen LogP contribution in [0.4, 0.5) is 11.4 Å². The second-order valence-electron chi connectivity index (χ2n) is 6.95. The lowest BCUT2D eigenvalue weighted by atomic mass is 10.1. The van der Waals surface area contributed by atoms with Crippen molar-refractivity contribution in [3.8, 4) is 5.75 Å². The molecule has 0 aliphatic carbocycles. The molecule has 0 spiro atoms. The fourth-order valence-electron chi connectivity index (χ4n) is 3.22. The molecule has 1 aliphatic heterocycles. The number of para-hydroxylation sites is 2. The van der Waals surface area contributed by atoms with Crippen LogP contribution in [0.3, 0.4) is 0 Å². The first-order valence-corrected chi connectivity index (χ1v) is 10.4. The lowest BCUT2D eigenvalue weighted by Crippen LogP contribution is -2.35. The van der Waals surface area contributed by atoms with Gasteiger partial charge in [-0.1, -0.05) is 59.6 Å². The Labute approximate surface area is 198 Å². The fraction of sp³-hybridized carbons (Fsp3) is 0.0435. The molecule has 4 rings (SSSR count). The molecule has 166 valence electrons. The fourth-order valence-corrected chi connectivity index (χ4v) is 3.68. The highest BCUT2D eigenvalue weighted by Crippen LogP contribution is 2.35. The van der Waals surface area contributed by atoms with Crippen LogP contribution in [-0.4, -0.2) is 16.7 Å². The number of rotatable bonds is 6. The minimum atomic E-state index is -0.637. The average Bonchev–Trinajstić information content (AvgIpc) is 3.08. The van der Waals surface area contributed by atoms with Crippen LogP contribution in [0.5, 0.6) is 5.75 Å². The molecule has 0 bridgehead atoms. The predicted octanol–water partition coefficient (Wildman–Crippen LogP) is 4.94. The summed E-state index contributed by atoms with van der Waals surface area (Å²) in [7, 11) is 0. The van der Waals surface area contributed by atoms with Gasteiger partial charge < -0.3 is 4.74 Å². The van der Waals surface area contributed by atoms with E-state index in [0.717, 1.165) is 5.01 Å². The Hall–Kier alpha value is -3.88. The molecule has 10 heteroatoms. The van der Waals surface area contributed by atoms with Gasteiger partial charge in [-0.25, -0.2) is 5.01 Å². The molecule has 1 N–H and O–H groups in total. The number of hydrogen-bond donors (Lipinski definition) is 1. The van der Waals surface area contributed by atoms with E-state index in [1.54, 1.807) is 42.5 Å². The van der Waals surface area contributed by atoms with E-state index < -0.39 is 16.7 Å². The third-order valence-corrected chi connectivity index (χ3v) is 5.40. The van der Waals surface area contributed by atoms with E-state index >= 15 is 0 Å². The molecule has 1 fully saturated rings. The molecular weight excluding hydrogens is 469 g/mol. The lowest BCUT2D eigenvalue weighted by Gasteiger charge is -2.14. The molecule has 3 aromatic carbocycles. The maximum absolute atomic E-state index is 12.9. The van der Waals surface area contributed by atoms with Crippen LogP contribution in [0, 0.1) is 10.1 Å². The summed E-state index contributed by atoms with van der Waals surface area (Å²) in [5.74, 6) is -1.33. The normalized spacial score (nSPS) is 14.5. The van der Waals surface area contributed by atoms with Crippen molar-refractivity contribution in [3.63, 3.8) is 0 Å². The van der Waals surface area contributed by atoms with Crippen molar-refractivity contribution in [2.45, 2.75) is 6.61 Å². The number of amides is 2. The number of nitro benzene ring substituents is 1. The third-order valence-electron chi connectivity index (χ3n) is 4.81. The van der Waals surface area contributed by atoms with Crippen molar-refractivity contribution in [2.24, 2.45) is 0 Å². The standard InChI is InChI=1S/C23H15Cl2N3O5/c24-16-10-9-15(19(25)12-16)13-33-21-14(5-4-8-20(21)28(31)32)11-18-22(29)26-27(23(18)30)17-6-2-1-3-7-17/h1-12H,13H2,(H,26,29). The molecule has 1 heterocycles. The van der Waals surface area contributed by atoms with Gasteiger partial charge in [0.1, 0.15) is 12.2 Å². The van der Waals surface area contributed by atoms with Crippen LogP contribution >= 0.6 is 23.2 Å². The Morgan fingerprint density at radius 2 is 1.79 bits per heavy atom. The van der Waals surface area contributed by atoms with E-state index in [0.29, 0.717) is 21.3 Å². The van der Waals surface area contributed by atoms with Crippen molar-refractivity contribution in [2.75, 3.05) is 5.01 Å². The lowest BCUT2D eigenvalue weighted by molar-refractivity contribution is -0.386. The summed E-state index contributed by atoms with van der Waals surface area (Å²) in [5, 5.41) is 13.5. The zero-order valence-corrected chi connectivity index (χ0v) is 18.3. The number of benzene rings is 3. The van der Waals surface area contributed by atoms with Crippen LogP contribution in [0.2, 0.25) is 10.0 Å². The Kier molecular flexibility index (Phi) is 6.30. The summed E-state index contributed by atoms with van der Waals surface area (Å²) < 4.78 is 5.76. The second kappa shape index (κ2) is 9.32. The predicted molar refractivity (Wildman–Crippen MR) is 124 cm³/mol. The van der Waals surface area contributed by atoms with Gasteiger partial charge >= 0.3 is 5.69 Å². The summed E-state index contributed by atoms with van der Waals surface area (Å²) in [6, 6.07) is 17.6. The quantitative estimate of drug-likeness (QED) is 0.231. The van der Waals surface area contributed by atoms with E-state index in [1.807, 2.05) is 0 Å². The summed E-state index contributed by atoms with van der Waals surface area (Å²) >= 11 is 12.1. The first-order valence-electron chi connectivity index (χ1n) is 9.61. The number of anilines is 1. The van der Waals surface area contributed by atoms with Crippen molar-refractivity contribution < 1.29 is 19.2 Å². The van der Waals surface area contributed by atoms with Gasteiger partial charge in [-0.3, -0.25) is 25.1 Å². The van der Waals surface area contributed by atoms with Gasteiger partial charge in [-0.05, 0) is 30.3 Å². The molecule has 2 amide bonds. The molecule has 0 saturated carbocycles. The number of hydrogen-bond acceptors (Lipinski definition) is 5. The van der Waals surface area contributed by atoms with Crippen LogP contribution in [-0.2, 0) is 16.2 Å². The second-order valence-corrected chi connectivity index (χ2v) is 7.80. The number of halogens is 2. The minimum absolute atomic E-state index is 0.0900. The third kappa shape index (κ3) is 4.67. The van der Waals surface area contributed by atoms with Crippen molar-refractivity contribution >= 4 is 52.5 Å². The molecule has 0 unspecified atom stereocenters. The van der Waals surface area contributed by atoms with Crippen LogP contribution in [0.25, 0.3) is 6.08 Å². The van der Waals surface area contributed by atoms with E-state index in [1.165, 1.54) is 30.3 Å². The zero-order chi connectivity index (χ0) is 23.5. The Balaban J connectivity index is 1.69. The summed E-state index contributed by atoms with van der Waals surface area (Å²) in [5.41, 5.74) is 3.22. The first kappa shape index (κ1) is 22.3. The molecule has 3 aromatic rings. The molecule has 8 nitrogen and oxygen atoms in total. The molecule has 0 radical (unpaired) electrons. The van der Waals surface area contributed by atoms with Gasteiger partial charge in [0, 0.05) is 27.2 Å². The van der Waals surface area contributed by atoms with E-state index in [2.05, 4.69) is 5.43 Å². The van der Waals surface area contributed by atoms with E-state index in [4.69, 9.17) is 27.9 Å². The number of nitrogens with one attached hydrogen (secondary N) is 1. The van der Waals surface area contributed by atoms with Crippen molar-refractivity contribution in [1.82, 2.24) is 5.43 Å². The van der Waals surface area contributed by atoms with E-state index in [-0.39, 0.29) is 29.2 Å². The van der Waals surface area contributed by atoms with Gasteiger partial charge in [0.15, 0.2) is 0 Å². The molecule has 33 heavy (non-hydrogen) atoms. The largest absolute Gasteiger partial charge is 0.481 e. The Bertz CT molecular complexity index is 1290. The maximum atomic E-state index is 12.9. The van der Waals surface area contributed by atoms with Crippen LogP contribution < -0.4 is 15.2 Å². The molecule has 1 saturated heterocycles. The van der Waals surface area contributed by atoms with E-state index in [9.17, 15) is 19.7 Å². The molecule has 1 aliphatic rings. The SMILES string of the molecule is O=C1NN(c2ccccc2)C(=O)C1=Cc1cccc([N+](=O)[O-])c1OCc1ccc(Cl)cc1Cl. The van der Waals surface area contributed by atoms with Gasteiger partial charge in [0.25, 0.3) is 11.8 Å². The van der Waals surface area contributed by atoms with Gasteiger partial charge in [0.2, 0.25) is 5.75 Å². The highest BCUT2D eigenvalue weighted by molar-refractivity contribution is 6.35. The maximum Gasteiger partial charge on any atom is 0.311 e. The average molecular weight is 484 g/mol. The van der Waals surface area contributed by atoms with Crippen molar-refractivity contribution in [1.29, 1.82) is 0 Å². The monoisotopic (exact) mass is 483 g/mol. The van der Waals surface area contributed by atoms with Crippen molar-refractivity contribution in [3.05, 3.63) is 104 Å². The van der Waals surface area contributed by atoms with Crippen LogP contribution in [0.1, 0.15) is 11.1 Å². The van der Waals surface area contributed by atoms with Crippen LogP contribution in [0.15, 0.2) is 72.3 Å². The Morgan fingerprint density at radius 3 is 2.48 bits per heavy atom. The highest BCUT2D eigenvalue weighted by atomic mass is 35.5. The zero-order valence-electron chi connectivity index (χ0n) is 16.8. The highest BCUT2D eigenvalue weighted by Gasteiger charge is 2.35. The topological polar surface area (TPSA) is 102 Å². The summed E-state index contributed by atoms with van der Waals surface area (Å²) in [6.07, 6.45) is 1.27. The number of nitro groups is 1. The van der Waals surface area contributed by atoms with Gasteiger partial charge in [0.05, 0.1) is 10.6 Å². The number of hydrazine groups is 1. The van der Waals surface area contributed by atoms with Gasteiger partial charge in [-0.15, -0.1) is 0 Å². The smallest absolute Gasteiger partial charge is 0.311 e. The number of carbonyl (C=O) groups is 2. The molecule has 0 atom stereocenters. The molecule has 0 aromatic heterocycles. The molecular formula is C23H15Cl2N3O5. The summed E-state index contributed by atoms with van der Waals surface area (Å²) in [6.45, 7) is -0.0900. The minimum Gasteiger partial charge on any atom is -0.481 e. The number of carbonyl (C=O) groups excluding carboxylic acids is 2. The Morgan fingerprint density at radius 1 is 1.03 bits per heavy atom. The first-order chi connectivity index (χ1) is 15.8.